The third kappa shape index (κ3) is 5.27. The lowest BCUT2D eigenvalue weighted by Crippen LogP contribution is -3.28. The highest BCUT2D eigenvalue weighted by Gasteiger charge is 2.25. The minimum absolute atomic E-state index is 0.138. The molecule has 1 amide bonds. The van der Waals surface area contributed by atoms with Crippen molar-refractivity contribution in [1.82, 2.24) is 0 Å². The number of amides is 1. The van der Waals surface area contributed by atoms with Crippen molar-refractivity contribution >= 4 is 23.2 Å². The average Bonchev–Trinajstić information content (AvgIpc) is 2.59. The van der Waals surface area contributed by atoms with Crippen LogP contribution in [0.5, 0.6) is 0 Å². The molecule has 2 aromatic carbocycles. The first-order valence-corrected chi connectivity index (χ1v) is 9.35. The van der Waals surface area contributed by atoms with Crippen molar-refractivity contribution in [2.24, 2.45) is 0 Å². The summed E-state index contributed by atoms with van der Waals surface area (Å²) in [6.07, 6.45) is 0. The molecule has 0 saturated carbocycles. The van der Waals surface area contributed by atoms with Gasteiger partial charge in [0.25, 0.3) is 5.91 Å². The molecule has 1 aliphatic rings. The van der Waals surface area contributed by atoms with Crippen molar-refractivity contribution in [3.05, 3.63) is 64.4 Å². The molecular formula is C20H25ClFN3O+2. The molecule has 3 N–H and O–H groups in total. The molecule has 3 rings (SSSR count). The predicted molar refractivity (Wildman–Crippen MR) is 101 cm³/mol. The molecule has 1 aliphatic heterocycles. The highest BCUT2D eigenvalue weighted by atomic mass is 35.5. The number of hydrogen-bond donors (Lipinski definition) is 3. The van der Waals surface area contributed by atoms with Gasteiger partial charge in [0, 0.05) is 10.6 Å². The van der Waals surface area contributed by atoms with E-state index in [1.807, 2.05) is 25.1 Å². The van der Waals surface area contributed by atoms with Gasteiger partial charge in [-0.25, -0.2) is 4.39 Å². The molecular weight excluding hydrogens is 353 g/mol. The van der Waals surface area contributed by atoms with Crippen LogP contribution in [-0.2, 0) is 11.3 Å². The Morgan fingerprint density at radius 3 is 2.54 bits per heavy atom. The molecule has 1 fully saturated rings. The number of benzene rings is 2. The summed E-state index contributed by atoms with van der Waals surface area (Å²) >= 11 is 6.04. The van der Waals surface area contributed by atoms with Crippen LogP contribution in [0, 0.1) is 12.7 Å². The number of quaternary nitrogens is 2. The largest absolute Gasteiger partial charge is 0.322 e. The van der Waals surface area contributed by atoms with E-state index in [0.29, 0.717) is 6.54 Å². The summed E-state index contributed by atoms with van der Waals surface area (Å²) in [7, 11) is 0. The number of carbonyl (C=O) groups is 1. The van der Waals surface area contributed by atoms with Crippen LogP contribution in [0.3, 0.4) is 0 Å². The van der Waals surface area contributed by atoms with Gasteiger partial charge in [-0.05, 0) is 36.8 Å². The third-order valence-electron chi connectivity index (χ3n) is 4.82. The van der Waals surface area contributed by atoms with Gasteiger partial charge in [0.1, 0.15) is 38.5 Å². The second-order valence-electron chi connectivity index (χ2n) is 7.01. The van der Waals surface area contributed by atoms with Gasteiger partial charge in [-0.3, -0.25) is 4.79 Å². The maximum absolute atomic E-state index is 13.8. The second kappa shape index (κ2) is 8.62. The molecule has 26 heavy (non-hydrogen) atoms. The molecule has 0 aliphatic carbocycles. The summed E-state index contributed by atoms with van der Waals surface area (Å²) in [4.78, 5) is 14.9. The van der Waals surface area contributed by atoms with Crippen LogP contribution >= 0.6 is 11.6 Å². The van der Waals surface area contributed by atoms with Gasteiger partial charge >= 0.3 is 0 Å². The van der Waals surface area contributed by atoms with Gasteiger partial charge in [0.15, 0.2) is 6.54 Å². The lowest BCUT2D eigenvalue weighted by Gasteiger charge is -2.29. The van der Waals surface area contributed by atoms with Gasteiger partial charge in [0.2, 0.25) is 0 Å². The third-order valence-corrected chi connectivity index (χ3v) is 5.05. The Hall–Kier alpha value is -1.95. The fourth-order valence-corrected chi connectivity index (χ4v) is 3.60. The molecule has 2 aromatic rings. The van der Waals surface area contributed by atoms with E-state index in [0.717, 1.165) is 43.3 Å². The van der Waals surface area contributed by atoms with Gasteiger partial charge in [-0.2, -0.15) is 0 Å². The van der Waals surface area contributed by atoms with E-state index in [1.54, 1.807) is 12.1 Å². The van der Waals surface area contributed by atoms with Crippen LogP contribution in [0.15, 0.2) is 42.5 Å². The Morgan fingerprint density at radius 2 is 1.85 bits per heavy atom. The smallest absolute Gasteiger partial charge is 0.279 e. The van der Waals surface area contributed by atoms with Crippen molar-refractivity contribution in [2.45, 2.75) is 13.5 Å². The normalized spacial score (nSPS) is 20.0. The molecule has 4 nitrogen and oxygen atoms in total. The zero-order valence-corrected chi connectivity index (χ0v) is 15.7. The van der Waals surface area contributed by atoms with E-state index in [1.165, 1.54) is 21.4 Å². The minimum Gasteiger partial charge on any atom is -0.322 e. The second-order valence-corrected chi connectivity index (χ2v) is 7.45. The lowest BCUT2D eigenvalue weighted by molar-refractivity contribution is -1.02. The fraction of sp³-hybridized carbons (Fsp3) is 0.350. The zero-order chi connectivity index (χ0) is 18.5. The highest BCUT2D eigenvalue weighted by Crippen LogP contribution is 2.14. The van der Waals surface area contributed by atoms with E-state index in [-0.39, 0.29) is 17.4 Å². The molecule has 138 valence electrons. The molecule has 0 spiro atoms. The summed E-state index contributed by atoms with van der Waals surface area (Å²) in [5.41, 5.74) is 2.33. The van der Waals surface area contributed by atoms with Crippen LogP contribution in [0.2, 0.25) is 5.02 Å². The van der Waals surface area contributed by atoms with Crippen molar-refractivity contribution < 1.29 is 19.0 Å². The van der Waals surface area contributed by atoms with E-state index in [9.17, 15) is 9.18 Å². The topological polar surface area (TPSA) is 38.0 Å². The molecule has 0 radical (unpaired) electrons. The molecule has 1 heterocycles. The fourth-order valence-electron chi connectivity index (χ4n) is 3.39. The number of carbonyl (C=O) groups excluding carboxylic acids is 1. The summed E-state index contributed by atoms with van der Waals surface area (Å²) in [6, 6.07) is 12.8. The van der Waals surface area contributed by atoms with Gasteiger partial charge < -0.3 is 15.1 Å². The minimum atomic E-state index is -0.385. The highest BCUT2D eigenvalue weighted by molar-refractivity contribution is 6.30. The Bertz CT molecular complexity index is 775. The predicted octanol–water partition coefficient (Wildman–Crippen LogP) is 0.710. The van der Waals surface area contributed by atoms with Crippen LogP contribution in [0.4, 0.5) is 10.1 Å². The summed E-state index contributed by atoms with van der Waals surface area (Å²) in [5, 5.41) is 3.46. The maximum Gasteiger partial charge on any atom is 0.279 e. The number of aryl methyl sites for hydroxylation is 1. The first-order chi connectivity index (χ1) is 12.5. The molecule has 0 atom stereocenters. The number of rotatable bonds is 5. The van der Waals surface area contributed by atoms with Crippen molar-refractivity contribution in [2.75, 3.05) is 38.0 Å². The molecule has 1 saturated heterocycles. The van der Waals surface area contributed by atoms with Crippen LogP contribution in [0.1, 0.15) is 11.1 Å². The molecule has 0 bridgehead atoms. The average molecular weight is 378 g/mol. The number of anilines is 1. The van der Waals surface area contributed by atoms with Gasteiger partial charge in [-0.15, -0.1) is 0 Å². The van der Waals surface area contributed by atoms with Crippen molar-refractivity contribution in [3.63, 3.8) is 0 Å². The van der Waals surface area contributed by atoms with Gasteiger partial charge in [-0.1, -0.05) is 29.8 Å². The van der Waals surface area contributed by atoms with Crippen LogP contribution < -0.4 is 15.1 Å². The Balaban J connectivity index is 1.45. The zero-order valence-electron chi connectivity index (χ0n) is 14.9. The standard InChI is InChI=1S/C20H23ClFN3O/c1-15-5-6-19(18(22)11-15)23-20(26)14-25-9-7-24(8-10-25)13-16-3-2-4-17(21)12-16/h2-6,11-12H,7-10,13-14H2,1H3,(H,23,26)/p+2. The summed E-state index contributed by atoms with van der Waals surface area (Å²) in [5.74, 6) is -0.523. The molecule has 0 unspecified atom stereocenters. The number of hydrogen-bond acceptors (Lipinski definition) is 1. The van der Waals surface area contributed by atoms with Crippen molar-refractivity contribution in [3.8, 4) is 0 Å². The first-order valence-electron chi connectivity index (χ1n) is 8.97. The monoisotopic (exact) mass is 377 g/mol. The van der Waals surface area contributed by atoms with Crippen LogP contribution in [0.25, 0.3) is 0 Å². The Kier molecular flexibility index (Phi) is 6.25. The maximum atomic E-state index is 13.8. The summed E-state index contributed by atoms with van der Waals surface area (Å²) in [6.45, 7) is 7.03. The Morgan fingerprint density at radius 1 is 1.12 bits per heavy atom. The van der Waals surface area contributed by atoms with E-state index >= 15 is 0 Å². The van der Waals surface area contributed by atoms with E-state index in [4.69, 9.17) is 11.6 Å². The van der Waals surface area contributed by atoms with E-state index in [2.05, 4.69) is 11.4 Å². The van der Waals surface area contributed by atoms with Gasteiger partial charge in [0.05, 0.1) is 5.69 Å². The first kappa shape index (κ1) is 18.8. The SMILES string of the molecule is Cc1ccc(NC(=O)C[NH+]2CC[NH+](Cc3cccc(Cl)c3)CC2)c(F)c1. The quantitative estimate of drug-likeness (QED) is 0.705. The van der Waals surface area contributed by atoms with Crippen LogP contribution in [-0.4, -0.2) is 38.6 Å². The molecule has 0 aromatic heterocycles. The van der Waals surface area contributed by atoms with E-state index < -0.39 is 0 Å². The number of nitrogens with one attached hydrogen (secondary N) is 3. The lowest BCUT2D eigenvalue weighted by atomic mass is 10.2. The number of halogens is 2. The molecule has 6 heteroatoms. The van der Waals surface area contributed by atoms with Crippen molar-refractivity contribution in [1.29, 1.82) is 0 Å². The Labute approximate surface area is 158 Å². The number of piperazine rings is 1. The summed E-state index contributed by atoms with van der Waals surface area (Å²) < 4.78 is 13.8.